The number of fused-ring (bicyclic) bond motifs is 1. The van der Waals surface area contributed by atoms with Crippen LogP contribution in [0.1, 0.15) is 25.3 Å². The molecule has 0 N–H and O–H groups in total. The van der Waals surface area contributed by atoms with Crippen LogP contribution >= 0.6 is 0 Å². The summed E-state index contributed by atoms with van der Waals surface area (Å²) in [5.74, 6) is 0.243. The molecule has 0 aromatic heterocycles. The van der Waals surface area contributed by atoms with E-state index in [1.807, 2.05) is 0 Å². The standard InChI is InChI=1S/C17H16O/c1-17(11-9-14(18)10-12-17)16-8-4-6-13-5-2-3-7-15(13)16/h2-9,11H,10,12H2,1H3/t17-/m1/s1. The van der Waals surface area contributed by atoms with Crippen LogP contribution in [0.3, 0.4) is 0 Å². The van der Waals surface area contributed by atoms with Gasteiger partial charge in [-0.2, -0.15) is 0 Å². The molecule has 0 aliphatic heterocycles. The minimum Gasteiger partial charge on any atom is -0.295 e. The smallest absolute Gasteiger partial charge is 0.155 e. The summed E-state index contributed by atoms with van der Waals surface area (Å²) >= 11 is 0. The average molecular weight is 236 g/mol. The predicted octanol–water partition coefficient (Wildman–Crippen LogP) is 4.02. The zero-order chi connectivity index (χ0) is 12.6. The number of carbonyl (C=O) groups is 1. The van der Waals surface area contributed by atoms with E-state index in [-0.39, 0.29) is 11.2 Å². The van der Waals surface area contributed by atoms with Crippen molar-refractivity contribution in [1.82, 2.24) is 0 Å². The van der Waals surface area contributed by atoms with E-state index in [9.17, 15) is 4.79 Å². The van der Waals surface area contributed by atoms with Crippen molar-refractivity contribution in [3.63, 3.8) is 0 Å². The average Bonchev–Trinajstić information content (AvgIpc) is 2.42. The SMILES string of the molecule is C[C@@]1(c2cccc3ccccc23)C=CC(=O)CC1. The van der Waals surface area contributed by atoms with Gasteiger partial charge in [0.05, 0.1) is 0 Å². The van der Waals surface area contributed by atoms with Gasteiger partial charge in [-0.1, -0.05) is 55.5 Å². The van der Waals surface area contributed by atoms with Gasteiger partial charge in [-0.15, -0.1) is 0 Å². The van der Waals surface area contributed by atoms with Crippen LogP contribution in [0.5, 0.6) is 0 Å². The minimum atomic E-state index is -0.0191. The number of hydrogen-bond donors (Lipinski definition) is 0. The summed E-state index contributed by atoms with van der Waals surface area (Å²) in [7, 11) is 0. The van der Waals surface area contributed by atoms with Crippen molar-refractivity contribution in [3.05, 3.63) is 60.2 Å². The van der Waals surface area contributed by atoms with E-state index in [2.05, 4.69) is 55.5 Å². The van der Waals surface area contributed by atoms with Gasteiger partial charge in [0.15, 0.2) is 5.78 Å². The van der Waals surface area contributed by atoms with Crippen LogP contribution < -0.4 is 0 Å². The van der Waals surface area contributed by atoms with E-state index < -0.39 is 0 Å². The molecule has 0 saturated heterocycles. The normalized spacial score (nSPS) is 23.5. The maximum absolute atomic E-state index is 11.4. The summed E-state index contributed by atoms with van der Waals surface area (Å²) in [6.45, 7) is 2.22. The highest BCUT2D eigenvalue weighted by atomic mass is 16.1. The molecule has 18 heavy (non-hydrogen) atoms. The molecule has 2 aromatic carbocycles. The van der Waals surface area contributed by atoms with Crippen molar-refractivity contribution in [2.45, 2.75) is 25.2 Å². The van der Waals surface area contributed by atoms with E-state index in [0.29, 0.717) is 6.42 Å². The van der Waals surface area contributed by atoms with Crippen LogP contribution in [-0.2, 0) is 10.2 Å². The summed E-state index contributed by atoms with van der Waals surface area (Å²) in [5, 5.41) is 2.56. The van der Waals surface area contributed by atoms with Gasteiger partial charge >= 0.3 is 0 Å². The summed E-state index contributed by atoms with van der Waals surface area (Å²) in [5.41, 5.74) is 1.30. The van der Waals surface area contributed by atoms with Gasteiger partial charge in [0.2, 0.25) is 0 Å². The third-order valence-electron chi connectivity index (χ3n) is 3.93. The summed E-state index contributed by atoms with van der Waals surface area (Å²) in [4.78, 5) is 11.4. The first-order valence-electron chi connectivity index (χ1n) is 6.39. The fourth-order valence-corrected chi connectivity index (χ4v) is 2.77. The Morgan fingerprint density at radius 1 is 1.06 bits per heavy atom. The van der Waals surface area contributed by atoms with Crippen LogP contribution in [0.15, 0.2) is 54.6 Å². The molecule has 0 heterocycles. The molecule has 0 radical (unpaired) electrons. The van der Waals surface area contributed by atoms with Gasteiger partial charge < -0.3 is 0 Å². The number of allylic oxidation sites excluding steroid dienone is 2. The second-order valence-corrected chi connectivity index (χ2v) is 5.24. The first-order chi connectivity index (χ1) is 8.69. The van der Waals surface area contributed by atoms with E-state index in [1.165, 1.54) is 16.3 Å². The van der Waals surface area contributed by atoms with Crippen molar-refractivity contribution in [3.8, 4) is 0 Å². The fourth-order valence-electron chi connectivity index (χ4n) is 2.77. The van der Waals surface area contributed by atoms with Crippen LogP contribution in [0.4, 0.5) is 0 Å². The van der Waals surface area contributed by atoms with Gasteiger partial charge in [-0.05, 0) is 28.8 Å². The second-order valence-electron chi connectivity index (χ2n) is 5.24. The molecule has 1 aliphatic rings. The number of hydrogen-bond acceptors (Lipinski definition) is 1. The van der Waals surface area contributed by atoms with Crippen LogP contribution in [0, 0.1) is 0 Å². The molecule has 0 saturated carbocycles. The number of rotatable bonds is 1. The van der Waals surface area contributed by atoms with Crippen molar-refractivity contribution in [2.75, 3.05) is 0 Å². The minimum absolute atomic E-state index is 0.0191. The Morgan fingerprint density at radius 3 is 2.61 bits per heavy atom. The molecule has 1 heteroatoms. The highest BCUT2D eigenvalue weighted by molar-refractivity contribution is 5.92. The molecule has 3 rings (SSSR count). The molecule has 0 amide bonds. The van der Waals surface area contributed by atoms with Gasteiger partial charge in [-0.25, -0.2) is 0 Å². The van der Waals surface area contributed by atoms with Crippen molar-refractivity contribution in [2.24, 2.45) is 0 Å². The Balaban J connectivity index is 2.20. The Hall–Kier alpha value is -1.89. The Labute approximate surface area is 107 Å². The lowest BCUT2D eigenvalue weighted by atomic mass is 9.73. The highest BCUT2D eigenvalue weighted by Gasteiger charge is 2.28. The van der Waals surface area contributed by atoms with E-state index >= 15 is 0 Å². The van der Waals surface area contributed by atoms with Crippen LogP contribution in [0.2, 0.25) is 0 Å². The van der Waals surface area contributed by atoms with E-state index in [1.54, 1.807) is 6.08 Å². The fraction of sp³-hybridized carbons (Fsp3) is 0.235. The molecule has 2 aromatic rings. The zero-order valence-corrected chi connectivity index (χ0v) is 10.5. The molecule has 0 fully saturated rings. The maximum Gasteiger partial charge on any atom is 0.155 e. The molecule has 0 unspecified atom stereocenters. The first-order valence-corrected chi connectivity index (χ1v) is 6.39. The van der Waals surface area contributed by atoms with Crippen molar-refractivity contribution in [1.29, 1.82) is 0 Å². The Bertz CT molecular complexity index is 634. The highest BCUT2D eigenvalue weighted by Crippen LogP contribution is 2.37. The number of benzene rings is 2. The Kier molecular flexibility index (Phi) is 2.55. The van der Waals surface area contributed by atoms with E-state index in [0.717, 1.165) is 6.42 Å². The van der Waals surface area contributed by atoms with Crippen LogP contribution in [-0.4, -0.2) is 5.78 Å². The summed E-state index contributed by atoms with van der Waals surface area (Å²) < 4.78 is 0. The molecule has 1 atom stereocenters. The number of ketones is 1. The maximum atomic E-state index is 11.4. The number of carbonyl (C=O) groups excluding carboxylic acids is 1. The van der Waals surface area contributed by atoms with Gasteiger partial charge in [0.25, 0.3) is 0 Å². The lowest BCUT2D eigenvalue weighted by Gasteiger charge is -2.30. The van der Waals surface area contributed by atoms with E-state index in [4.69, 9.17) is 0 Å². The zero-order valence-electron chi connectivity index (χ0n) is 10.5. The van der Waals surface area contributed by atoms with Gasteiger partial charge in [-0.3, -0.25) is 4.79 Å². The summed E-state index contributed by atoms with van der Waals surface area (Å²) in [6, 6.07) is 14.9. The third kappa shape index (κ3) is 1.76. The van der Waals surface area contributed by atoms with Gasteiger partial charge in [0, 0.05) is 11.8 Å². The quantitative estimate of drug-likeness (QED) is 0.731. The molecule has 0 spiro atoms. The van der Waals surface area contributed by atoms with Crippen molar-refractivity contribution >= 4 is 16.6 Å². The second kappa shape index (κ2) is 4.09. The summed E-state index contributed by atoms with van der Waals surface area (Å²) in [6.07, 6.45) is 5.36. The Morgan fingerprint density at radius 2 is 1.83 bits per heavy atom. The molecular formula is C17H16O. The third-order valence-corrected chi connectivity index (χ3v) is 3.93. The predicted molar refractivity (Wildman–Crippen MR) is 74.7 cm³/mol. The monoisotopic (exact) mass is 236 g/mol. The van der Waals surface area contributed by atoms with Crippen molar-refractivity contribution < 1.29 is 4.79 Å². The lowest BCUT2D eigenvalue weighted by molar-refractivity contribution is -0.115. The molecule has 1 nitrogen and oxygen atoms in total. The first kappa shape index (κ1) is 11.2. The lowest BCUT2D eigenvalue weighted by Crippen LogP contribution is -2.24. The molecule has 1 aliphatic carbocycles. The van der Waals surface area contributed by atoms with Crippen LogP contribution in [0.25, 0.3) is 10.8 Å². The van der Waals surface area contributed by atoms with Gasteiger partial charge in [0.1, 0.15) is 0 Å². The molecule has 0 bridgehead atoms. The molecule has 90 valence electrons. The largest absolute Gasteiger partial charge is 0.295 e. The topological polar surface area (TPSA) is 17.1 Å². The molecular weight excluding hydrogens is 220 g/mol.